The quantitative estimate of drug-likeness (QED) is 0.683. The minimum atomic E-state index is 0.362. The van der Waals surface area contributed by atoms with Crippen LogP contribution in [0.5, 0.6) is 0 Å². The van der Waals surface area contributed by atoms with Crippen LogP contribution in [0.15, 0.2) is 0 Å². The predicted molar refractivity (Wildman–Crippen MR) is 65.5 cm³/mol. The lowest BCUT2D eigenvalue weighted by atomic mass is 9.88. The van der Waals surface area contributed by atoms with Crippen LogP contribution < -0.4 is 5.73 Å². The van der Waals surface area contributed by atoms with E-state index in [-0.39, 0.29) is 0 Å². The summed E-state index contributed by atoms with van der Waals surface area (Å²) in [6, 6.07) is 0.926. The van der Waals surface area contributed by atoms with Gasteiger partial charge in [0.2, 0.25) is 0 Å². The van der Waals surface area contributed by atoms with Gasteiger partial charge in [-0.1, -0.05) is 6.92 Å². The molecule has 0 aromatic carbocycles. The fraction of sp³-hybridized carbons (Fsp3) is 1.00. The molecule has 0 aromatic rings. The molecule has 3 unspecified atom stereocenters. The van der Waals surface area contributed by atoms with Gasteiger partial charge in [0, 0.05) is 32.3 Å². The van der Waals surface area contributed by atoms with Crippen molar-refractivity contribution in [3.8, 4) is 0 Å². The van der Waals surface area contributed by atoms with Gasteiger partial charge in [-0.2, -0.15) is 0 Å². The summed E-state index contributed by atoms with van der Waals surface area (Å²) in [6.45, 7) is 8.76. The third kappa shape index (κ3) is 4.01. The lowest BCUT2D eigenvalue weighted by Gasteiger charge is -2.41. The molecule has 0 aromatic heterocycles. The van der Waals surface area contributed by atoms with Gasteiger partial charge in [-0.15, -0.1) is 0 Å². The van der Waals surface area contributed by atoms with Crippen LogP contribution in [0.25, 0.3) is 0 Å². The molecule has 0 spiro atoms. The van der Waals surface area contributed by atoms with Gasteiger partial charge < -0.3 is 15.2 Å². The van der Waals surface area contributed by atoms with Crippen molar-refractivity contribution < 1.29 is 9.47 Å². The highest BCUT2D eigenvalue weighted by atomic mass is 16.5. The van der Waals surface area contributed by atoms with Crippen LogP contribution in [0, 0.1) is 5.92 Å². The summed E-state index contributed by atoms with van der Waals surface area (Å²) < 4.78 is 10.4. The summed E-state index contributed by atoms with van der Waals surface area (Å²) >= 11 is 0. The minimum absolute atomic E-state index is 0.362. The molecule has 0 radical (unpaired) electrons. The molecule has 2 N–H and O–H groups in total. The lowest BCUT2D eigenvalue weighted by Crippen LogP contribution is -2.52. The highest BCUT2D eigenvalue weighted by Gasteiger charge is 2.29. The van der Waals surface area contributed by atoms with E-state index in [0.717, 1.165) is 26.1 Å². The zero-order valence-corrected chi connectivity index (χ0v) is 10.8. The van der Waals surface area contributed by atoms with E-state index in [2.05, 4.69) is 18.7 Å². The van der Waals surface area contributed by atoms with Crippen molar-refractivity contribution >= 4 is 0 Å². The van der Waals surface area contributed by atoms with Crippen molar-refractivity contribution in [3.05, 3.63) is 0 Å². The average Bonchev–Trinajstić information content (AvgIpc) is 2.28. The molecule has 16 heavy (non-hydrogen) atoms. The van der Waals surface area contributed by atoms with Crippen LogP contribution in [-0.4, -0.2) is 57.0 Å². The molecular weight excluding hydrogens is 204 g/mol. The maximum atomic E-state index is 6.05. The smallest absolute Gasteiger partial charge is 0.0700 e. The van der Waals surface area contributed by atoms with E-state index in [4.69, 9.17) is 15.2 Å². The minimum Gasteiger partial charge on any atom is -0.382 e. The summed E-state index contributed by atoms with van der Waals surface area (Å²) in [5, 5.41) is 0. The maximum absolute atomic E-state index is 6.05. The first-order chi connectivity index (χ1) is 7.66. The normalized spacial score (nSPS) is 31.9. The number of rotatable bonds is 6. The third-order valence-corrected chi connectivity index (χ3v) is 3.72. The standard InChI is InChI=1S/C12H26N2O2/c1-10-11(2)14(5-4-12(10)13)6-7-16-9-8-15-3/h10-12H,4-9,13H2,1-3H3. The molecule has 0 aliphatic carbocycles. The summed E-state index contributed by atoms with van der Waals surface area (Å²) in [5.74, 6) is 0.577. The molecule has 4 heteroatoms. The Kier molecular flexibility index (Phi) is 6.28. The van der Waals surface area contributed by atoms with Crippen LogP contribution in [-0.2, 0) is 9.47 Å². The Hall–Kier alpha value is -0.160. The van der Waals surface area contributed by atoms with Crippen LogP contribution in [0.2, 0.25) is 0 Å². The van der Waals surface area contributed by atoms with Crippen molar-refractivity contribution in [2.24, 2.45) is 11.7 Å². The Labute approximate surface area is 99.1 Å². The summed E-state index contributed by atoms with van der Waals surface area (Å²) in [6.07, 6.45) is 1.10. The van der Waals surface area contributed by atoms with E-state index >= 15 is 0 Å². The molecule has 1 rings (SSSR count). The predicted octanol–water partition coefficient (Wildman–Crippen LogP) is 0.707. The highest BCUT2D eigenvalue weighted by molar-refractivity contribution is 4.86. The van der Waals surface area contributed by atoms with E-state index in [1.54, 1.807) is 7.11 Å². The molecule has 96 valence electrons. The topological polar surface area (TPSA) is 47.7 Å². The number of likely N-dealkylation sites (tertiary alicyclic amines) is 1. The number of nitrogens with two attached hydrogens (primary N) is 1. The van der Waals surface area contributed by atoms with Gasteiger partial charge in [0.25, 0.3) is 0 Å². The first-order valence-corrected chi connectivity index (χ1v) is 6.23. The van der Waals surface area contributed by atoms with E-state index < -0.39 is 0 Å². The van der Waals surface area contributed by atoms with Gasteiger partial charge in [-0.05, 0) is 19.3 Å². The molecule has 3 atom stereocenters. The summed E-state index contributed by atoms with van der Waals surface area (Å²) in [5.41, 5.74) is 6.05. The molecule has 1 fully saturated rings. The average molecular weight is 230 g/mol. The maximum Gasteiger partial charge on any atom is 0.0700 e. The molecule has 1 aliphatic rings. The zero-order chi connectivity index (χ0) is 12.0. The molecule has 0 bridgehead atoms. The Morgan fingerprint density at radius 1 is 1.25 bits per heavy atom. The van der Waals surface area contributed by atoms with Crippen LogP contribution in [0.3, 0.4) is 0 Å². The van der Waals surface area contributed by atoms with Gasteiger partial charge in [0.05, 0.1) is 19.8 Å². The fourth-order valence-corrected chi connectivity index (χ4v) is 2.21. The van der Waals surface area contributed by atoms with Gasteiger partial charge in [0.1, 0.15) is 0 Å². The molecule has 0 amide bonds. The van der Waals surface area contributed by atoms with Crippen molar-refractivity contribution in [1.29, 1.82) is 0 Å². The van der Waals surface area contributed by atoms with Gasteiger partial charge >= 0.3 is 0 Å². The first kappa shape index (κ1) is 13.9. The third-order valence-electron chi connectivity index (χ3n) is 3.72. The zero-order valence-electron chi connectivity index (χ0n) is 10.8. The second-order valence-corrected chi connectivity index (χ2v) is 4.69. The Morgan fingerprint density at radius 3 is 2.69 bits per heavy atom. The number of ether oxygens (including phenoxy) is 2. The van der Waals surface area contributed by atoms with Crippen LogP contribution in [0.1, 0.15) is 20.3 Å². The van der Waals surface area contributed by atoms with E-state index in [1.165, 1.54) is 0 Å². The monoisotopic (exact) mass is 230 g/mol. The van der Waals surface area contributed by atoms with Gasteiger partial charge in [-0.3, -0.25) is 4.90 Å². The molecule has 4 nitrogen and oxygen atoms in total. The van der Waals surface area contributed by atoms with Crippen LogP contribution >= 0.6 is 0 Å². The number of nitrogens with zero attached hydrogens (tertiary/aromatic N) is 1. The second kappa shape index (κ2) is 7.22. The van der Waals surface area contributed by atoms with E-state index in [0.29, 0.717) is 31.2 Å². The SMILES string of the molecule is COCCOCCN1CCC(N)C(C)C1C. The van der Waals surface area contributed by atoms with Crippen molar-refractivity contribution in [3.63, 3.8) is 0 Å². The second-order valence-electron chi connectivity index (χ2n) is 4.69. The Bertz CT molecular complexity index is 190. The summed E-state index contributed by atoms with van der Waals surface area (Å²) in [7, 11) is 1.69. The van der Waals surface area contributed by atoms with E-state index in [1.807, 2.05) is 0 Å². The fourth-order valence-electron chi connectivity index (χ4n) is 2.21. The van der Waals surface area contributed by atoms with Crippen molar-refractivity contribution in [1.82, 2.24) is 4.90 Å². The molecule has 1 aliphatic heterocycles. The Morgan fingerprint density at radius 2 is 2.00 bits per heavy atom. The first-order valence-electron chi connectivity index (χ1n) is 6.23. The lowest BCUT2D eigenvalue weighted by molar-refractivity contribution is 0.0313. The summed E-state index contributed by atoms with van der Waals surface area (Å²) in [4.78, 5) is 2.47. The van der Waals surface area contributed by atoms with Crippen LogP contribution in [0.4, 0.5) is 0 Å². The molecular formula is C12H26N2O2. The van der Waals surface area contributed by atoms with Crippen molar-refractivity contribution in [2.75, 3.05) is 40.0 Å². The largest absolute Gasteiger partial charge is 0.382 e. The van der Waals surface area contributed by atoms with Gasteiger partial charge in [-0.25, -0.2) is 0 Å². The number of piperidine rings is 1. The number of methoxy groups -OCH3 is 1. The molecule has 0 saturated carbocycles. The van der Waals surface area contributed by atoms with Gasteiger partial charge in [0.15, 0.2) is 0 Å². The molecule has 1 saturated heterocycles. The Balaban J connectivity index is 2.16. The number of hydrogen-bond donors (Lipinski definition) is 1. The number of hydrogen-bond acceptors (Lipinski definition) is 4. The highest BCUT2D eigenvalue weighted by Crippen LogP contribution is 2.21. The van der Waals surface area contributed by atoms with Crippen molar-refractivity contribution in [2.45, 2.75) is 32.4 Å². The molecule has 1 heterocycles. The van der Waals surface area contributed by atoms with E-state index in [9.17, 15) is 0 Å².